The van der Waals surface area contributed by atoms with Gasteiger partial charge in [0.05, 0.1) is 0 Å². The van der Waals surface area contributed by atoms with Crippen LogP contribution >= 0.6 is 11.8 Å². The third kappa shape index (κ3) is 6.12. The van der Waals surface area contributed by atoms with E-state index in [1.807, 2.05) is 0 Å². The average Bonchev–Trinajstić information content (AvgIpc) is 2.31. The van der Waals surface area contributed by atoms with Crippen molar-refractivity contribution in [2.45, 2.75) is 45.1 Å². The predicted octanol–water partition coefficient (Wildman–Crippen LogP) is 2.92. The number of rotatable bonds is 8. The summed E-state index contributed by atoms with van der Waals surface area (Å²) in [5, 5.41) is 3.63. The highest BCUT2D eigenvalue weighted by atomic mass is 32.2. The Bertz CT molecular complexity index is 160. The molecule has 16 heavy (non-hydrogen) atoms. The van der Waals surface area contributed by atoms with Gasteiger partial charge in [0.15, 0.2) is 0 Å². The minimum Gasteiger partial charge on any atom is -0.385 e. The normalized spacial score (nSPS) is 19.9. The van der Waals surface area contributed by atoms with E-state index >= 15 is 0 Å². The highest BCUT2D eigenvalue weighted by Gasteiger charge is 2.18. The van der Waals surface area contributed by atoms with Crippen molar-refractivity contribution in [3.8, 4) is 0 Å². The zero-order chi connectivity index (χ0) is 11.6. The van der Waals surface area contributed by atoms with Crippen molar-refractivity contribution in [3.05, 3.63) is 0 Å². The van der Waals surface area contributed by atoms with Crippen LogP contribution in [-0.2, 0) is 4.74 Å². The van der Waals surface area contributed by atoms with Crippen LogP contribution in [0.4, 0.5) is 0 Å². The summed E-state index contributed by atoms with van der Waals surface area (Å²) in [7, 11) is 1.79. The van der Waals surface area contributed by atoms with Crippen LogP contribution in [0.2, 0.25) is 0 Å². The molecule has 1 unspecified atom stereocenters. The molecule has 96 valence electrons. The molecule has 1 rings (SSSR count). The topological polar surface area (TPSA) is 21.3 Å². The minimum absolute atomic E-state index is 0.716. The van der Waals surface area contributed by atoms with E-state index in [0.29, 0.717) is 6.04 Å². The van der Waals surface area contributed by atoms with E-state index in [2.05, 4.69) is 24.0 Å². The van der Waals surface area contributed by atoms with Gasteiger partial charge in [0.1, 0.15) is 0 Å². The number of thioether (sulfide) groups is 1. The molecule has 1 aliphatic heterocycles. The molecule has 0 bridgehead atoms. The highest BCUT2D eigenvalue weighted by molar-refractivity contribution is 7.99. The molecule has 0 aliphatic carbocycles. The Hall–Kier alpha value is 0.270. The van der Waals surface area contributed by atoms with Gasteiger partial charge in [0.25, 0.3) is 0 Å². The summed E-state index contributed by atoms with van der Waals surface area (Å²) < 4.78 is 5.13. The fourth-order valence-corrected chi connectivity index (χ4v) is 3.65. The maximum Gasteiger partial charge on any atom is 0.0462 e. The summed E-state index contributed by atoms with van der Waals surface area (Å²) in [6.45, 7) is 4.21. The van der Waals surface area contributed by atoms with Crippen LogP contribution in [-0.4, -0.2) is 37.8 Å². The zero-order valence-electron chi connectivity index (χ0n) is 10.8. The fraction of sp³-hybridized carbons (Fsp3) is 1.00. The number of methoxy groups -OCH3 is 1. The summed E-state index contributed by atoms with van der Waals surface area (Å²) in [4.78, 5) is 0. The van der Waals surface area contributed by atoms with Crippen molar-refractivity contribution in [3.63, 3.8) is 0 Å². The largest absolute Gasteiger partial charge is 0.385 e. The Morgan fingerprint density at radius 2 is 2.12 bits per heavy atom. The van der Waals surface area contributed by atoms with Crippen LogP contribution in [0.5, 0.6) is 0 Å². The van der Waals surface area contributed by atoms with Gasteiger partial charge in [-0.2, -0.15) is 11.8 Å². The Balaban J connectivity index is 2.19. The second kappa shape index (κ2) is 9.32. The van der Waals surface area contributed by atoms with E-state index < -0.39 is 0 Å². The molecule has 0 aromatic carbocycles. The first kappa shape index (κ1) is 14.3. The molecule has 1 saturated heterocycles. The van der Waals surface area contributed by atoms with E-state index in [-0.39, 0.29) is 0 Å². The summed E-state index contributed by atoms with van der Waals surface area (Å²) in [5.74, 6) is 3.72. The summed E-state index contributed by atoms with van der Waals surface area (Å²) in [6, 6.07) is 0.716. The quantitative estimate of drug-likeness (QED) is 0.664. The number of hydrogen-bond donors (Lipinski definition) is 1. The van der Waals surface area contributed by atoms with Gasteiger partial charge >= 0.3 is 0 Å². The van der Waals surface area contributed by atoms with Gasteiger partial charge in [0.2, 0.25) is 0 Å². The van der Waals surface area contributed by atoms with Crippen LogP contribution in [0, 0.1) is 5.92 Å². The monoisotopic (exact) mass is 245 g/mol. The zero-order valence-corrected chi connectivity index (χ0v) is 11.7. The van der Waals surface area contributed by atoms with E-state index in [4.69, 9.17) is 4.74 Å². The molecular weight excluding hydrogens is 218 g/mol. The lowest BCUT2D eigenvalue weighted by Crippen LogP contribution is -2.32. The van der Waals surface area contributed by atoms with Gasteiger partial charge < -0.3 is 10.1 Å². The first-order valence-corrected chi connectivity index (χ1v) is 7.82. The molecule has 1 atom stereocenters. The van der Waals surface area contributed by atoms with Crippen molar-refractivity contribution in [1.29, 1.82) is 0 Å². The van der Waals surface area contributed by atoms with E-state index in [0.717, 1.165) is 19.1 Å². The van der Waals surface area contributed by atoms with Crippen LogP contribution in [0.3, 0.4) is 0 Å². The molecule has 3 heteroatoms. The summed E-state index contributed by atoms with van der Waals surface area (Å²) >= 11 is 2.12. The lowest BCUT2D eigenvalue weighted by molar-refractivity contribution is 0.186. The molecule has 0 aromatic heterocycles. The predicted molar refractivity (Wildman–Crippen MR) is 73.2 cm³/mol. The van der Waals surface area contributed by atoms with Gasteiger partial charge in [0, 0.05) is 19.8 Å². The van der Waals surface area contributed by atoms with Crippen LogP contribution in [0.1, 0.15) is 39.0 Å². The van der Waals surface area contributed by atoms with Gasteiger partial charge in [-0.15, -0.1) is 0 Å². The Morgan fingerprint density at radius 3 is 2.75 bits per heavy atom. The number of hydrogen-bond acceptors (Lipinski definition) is 3. The first-order chi connectivity index (χ1) is 7.86. The molecule has 1 aliphatic rings. The second-order valence-electron chi connectivity index (χ2n) is 4.68. The summed E-state index contributed by atoms with van der Waals surface area (Å²) in [6.07, 6.45) is 6.69. The Kier molecular flexibility index (Phi) is 8.34. The van der Waals surface area contributed by atoms with Crippen LogP contribution in [0.25, 0.3) is 0 Å². The molecule has 0 spiro atoms. The molecule has 1 heterocycles. The van der Waals surface area contributed by atoms with Gasteiger partial charge in [-0.25, -0.2) is 0 Å². The maximum atomic E-state index is 5.13. The van der Waals surface area contributed by atoms with Crippen LogP contribution < -0.4 is 5.32 Å². The minimum atomic E-state index is 0.716. The molecule has 0 amide bonds. The molecule has 1 fully saturated rings. The maximum absolute atomic E-state index is 5.13. The number of ether oxygens (including phenoxy) is 1. The first-order valence-electron chi connectivity index (χ1n) is 6.66. The molecule has 1 N–H and O–H groups in total. The SMILES string of the molecule is CCNC(CCCOC)CC1CCSCC1. The third-order valence-corrected chi connectivity index (χ3v) is 4.40. The second-order valence-corrected chi connectivity index (χ2v) is 5.91. The Morgan fingerprint density at radius 1 is 1.38 bits per heavy atom. The fourth-order valence-electron chi connectivity index (χ4n) is 2.45. The van der Waals surface area contributed by atoms with Gasteiger partial charge in [-0.05, 0) is 56.1 Å². The summed E-state index contributed by atoms with van der Waals surface area (Å²) in [5.41, 5.74) is 0. The third-order valence-electron chi connectivity index (χ3n) is 3.35. The molecule has 0 saturated carbocycles. The molecule has 0 aromatic rings. The number of nitrogens with one attached hydrogen (secondary N) is 1. The molecular formula is C13H27NOS. The smallest absolute Gasteiger partial charge is 0.0462 e. The van der Waals surface area contributed by atoms with Crippen molar-refractivity contribution in [2.75, 3.05) is 31.8 Å². The van der Waals surface area contributed by atoms with Crippen molar-refractivity contribution < 1.29 is 4.74 Å². The molecule has 2 nitrogen and oxygen atoms in total. The van der Waals surface area contributed by atoms with Crippen LogP contribution in [0.15, 0.2) is 0 Å². The lowest BCUT2D eigenvalue weighted by Gasteiger charge is -2.26. The van der Waals surface area contributed by atoms with E-state index in [1.165, 1.54) is 43.6 Å². The van der Waals surface area contributed by atoms with Crippen molar-refractivity contribution >= 4 is 11.8 Å². The van der Waals surface area contributed by atoms with E-state index in [9.17, 15) is 0 Å². The average molecular weight is 245 g/mol. The Labute approximate surface area is 105 Å². The van der Waals surface area contributed by atoms with E-state index in [1.54, 1.807) is 7.11 Å². The van der Waals surface area contributed by atoms with Crippen molar-refractivity contribution in [2.24, 2.45) is 5.92 Å². The highest BCUT2D eigenvalue weighted by Crippen LogP contribution is 2.27. The standard InChI is InChI=1S/C13H27NOS/c1-3-14-13(5-4-8-15-2)11-12-6-9-16-10-7-12/h12-14H,3-11H2,1-2H3. The molecule has 0 radical (unpaired) electrons. The van der Waals surface area contributed by atoms with Crippen molar-refractivity contribution in [1.82, 2.24) is 5.32 Å². The van der Waals surface area contributed by atoms with Gasteiger partial charge in [-0.3, -0.25) is 0 Å². The van der Waals surface area contributed by atoms with Gasteiger partial charge in [-0.1, -0.05) is 6.92 Å². The lowest BCUT2D eigenvalue weighted by atomic mass is 9.92.